The maximum Gasteiger partial charge on any atom is 1.00 e. The van der Waals surface area contributed by atoms with Crippen molar-refractivity contribution in [3.8, 4) is 11.5 Å². The van der Waals surface area contributed by atoms with E-state index in [1.54, 1.807) is 32.0 Å². The number of nitrogens with zero attached hydrogens (tertiary/aromatic N) is 1. The summed E-state index contributed by atoms with van der Waals surface area (Å²) in [5.41, 5.74) is -1.18. The molecule has 0 saturated carbocycles. The molecule has 2 fully saturated rings. The number of β-lactam (4-membered cyclic amide) rings is 1. The van der Waals surface area contributed by atoms with Gasteiger partial charge in [0, 0.05) is 4.75 Å². The Balaban J connectivity index is 0.00000385. The molecule has 8 nitrogen and oxygen atoms in total. The minimum Gasteiger partial charge on any atom is -0.548 e. The second-order valence-corrected chi connectivity index (χ2v) is 10.5. The van der Waals surface area contributed by atoms with Gasteiger partial charge in [-0.3, -0.25) is 9.59 Å². The zero-order valence-corrected chi connectivity index (χ0v) is 23.0. The van der Waals surface area contributed by atoms with Crippen LogP contribution in [0.15, 0.2) is 24.3 Å². The Kier molecular flexibility index (Phi) is 9.18. The van der Waals surface area contributed by atoms with Gasteiger partial charge in [0.1, 0.15) is 11.4 Å². The SMILES string of the molecule is CCCCC(CC)(Oc1ccccc1OC)C(=O)N[C@@H]1C(=O)N2[C@@H]1SC(C)(C)[C@@H]2C(=O)[O-].[Na+]. The summed E-state index contributed by atoms with van der Waals surface area (Å²) < 4.78 is 11.0. The Labute approximate surface area is 221 Å². The van der Waals surface area contributed by atoms with Gasteiger partial charge in [0.15, 0.2) is 17.1 Å². The zero-order valence-electron chi connectivity index (χ0n) is 20.2. The summed E-state index contributed by atoms with van der Waals surface area (Å²) in [5.74, 6) is -1.10. The quantitative estimate of drug-likeness (QED) is 0.324. The first-order valence-corrected chi connectivity index (χ1v) is 11.8. The van der Waals surface area contributed by atoms with E-state index in [0.29, 0.717) is 24.3 Å². The Bertz CT molecular complexity index is 897. The second-order valence-electron chi connectivity index (χ2n) is 8.73. The molecule has 176 valence electrons. The first-order valence-electron chi connectivity index (χ1n) is 11.0. The molecule has 2 heterocycles. The van der Waals surface area contributed by atoms with Crippen LogP contribution in [0.2, 0.25) is 0 Å². The summed E-state index contributed by atoms with van der Waals surface area (Å²) in [6, 6.07) is 5.31. The number of fused-ring (bicyclic) bond motifs is 1. The molecule has 0 spiro atoms. The van der Waals surface area contributed by atoms with Gasteiger partial charge in [-0.2, -0.15) is 0 Å². The molecule has 1 N–H and O–H groups in total. The van der Waals surface area contributed by atoms with Gasteiger partial charge in [0.05, 0.1) is 19.1 Å². The Hall–Kier alpha value is -1.42. The summed E-state index contributed by atoms with van der Waals surface area (Å²) in [5, 5.41) is 14.0. The summed E-state index contributed by atoms with van der Waals surface area (Å²) in [6.45, 7) is 7.45. The third-order valence-corrected chi connectivity index (χ3v) is 7.82. The number of nitrogens with one attached hydrogen (secondary N) is 1. The van der Waals surface area contributed by atoms with Gasteiger partial charge >= 0.3 is 29.6 Å². The number of thioether (sulfide) groups is 1. The van der Waals surface area contributed by atoms with Crippen LogP contribution in [0.3, 0.4) is 0 Å². The number of hydrogen-bond acceptors (Lipinski definition) is 7. The van der Waals surface area contributed by atoms with Gasteiger partial charge in [-0.1, -0.05) is 32.4 Å². The molecule has 0 bridgehead atoms. The first kappa shape index (κ1) is 27.8. The average molecular weight is 487 g/mol. The number of carbonyl (C=O) groups excluding carboxylic acids is 3. The predicted molar refractivity (Wildman–Crippen MR) is 119 cm³/mol. The van der Waals surface area contributed by atoms with E-state index in [2.05, 4.69) is 5.32 Å². The number of unbranched alkanes of at least 4 members (excludes halogenated alkanes) is 1. The Morgan fingerprint density at radius 3 is 2.42 bits per heavy atom. The molecule has 0 radical (unpaired) electrons. The number of methoxy groups -OCH3 is 1. The molecule has 2 saturated heterocycles. The van der Waals surface area contributed by atoms with E-state index in [1.807, 2.05) is 19.9 Å². The van der Waals surface area contributed by atoms with Gasteiger partial charge in [-0.15, -0.1) is 11.8 Å². The van der Waals surface area contributed by atoms with Gasteiger partial charge in [-0.05, 0) is 45.2 Å². The van der Waals surface area contributed by atoms with Gasteiger partial charge < -0.3 is 29.6 Å². The minimum absolute atomic E-state index is 0. The summed E-state index contributed by atoms with van der Waals surface area (Å²) in [6.07, 6.45) is 2.51. The van der Waals surface area contributed by atoms with Crippen LogP contribution in [0.25, 0.3) is 0 Å². The van der Waals surface area contributed by atoms with Crippen LogP contribution in [-0.2, 0) is 14.4 Å². The molecule has 2 amide bonds. The van der Waals surface area contributed by atoms with E-state index >= 15 is 0 Å². The molecule has 33 heavy (non-hydrogen) atoms. The number of carboxylic acids is 1. The number of amides is 2. The van der Waals surface area contributed by atoms with Crippen LogP contribution in [0, 0.1) is 0 Å². The van der Waals surface area contributed by atoms with Crippen molar-refractivity contribution in [3.05, 3.63) is 24.3 Å². The monoisotopic (exact) mass is 486 g/mol. The van der Waals surface area contributed by atoms with Gasteiger partial charge in [0.25, 0.3) is 5.91 Å². The molecule has 4 atom stereocenters. The van der Waals surface area contributed by atoms with Crippen LogP contribution in [-0.4, -0.2) is 57.6 Å². The Morgan fingerprint density at radius 1 is 1.24 bits per heavy atom. The van der Waals surface area contributed by atoms with Crippen LogP contribution in [0.5, 0.6) is 11.5 Å². The molecule has 1 aromatic rings. The molecule has 2 aliphatic rings. The van der Waals surface area contributed by atoms with Crippen LogP contribution < -0.4 is 49.5 Å². The molecule has 0 aliphatic carbocycles. The predicted octanol–water partition coefficient (Wildman–Crippen LogP) is -1.29. The van der Waals surface area contributed by atoms with Crippen molar-refractivity contribution in [3.63, 3.8) is 0 Å². The number of para-hydroxylation sites is 2. The van der Waals surface area contributed by atoms with Crippen molar-refractivity contribution in [1.82, 2.24) is 10.2 Å². The number of benzene rings is 1. The molecule has 3 rings (SSSR count). The minimum atomic E-state index is -1.28. The standard InChI is InChI=1S/C23H32N2O6S.Na/c1-6-8-13-23(7-2,31-15-12-10-9-11-14(15)30-5)21(29)24-16-18(26)25-17(20(27)28)22(3,4)32-19(16)25;/h9-12,16-17,19H,6-8,13H2,1-5H3,(H,24,29)(H,27,28);/q;+1/p-1/t16-,17+,19-,23?;/m1./s1. The number of hydrogen-bond donors (Lipinski definition) is 1. The van der Waals surface area contributed by atoms with E-state index in [0.717, 1.165) is 12.8 Å². The maximum atomic E-state index is 13.5. The number of carbonyl (C=O) groups is 3. The van der Waals surface area contributed by atoms with Crippen molar-refractivity contribution < 1.29 is 58.5 Å². The molecule has 2 aliphatic heterocycles. The summed E-state index contributed by atoms with van der Waals surface area (Å²) >= 11 is 1.36. The molecular formula is C23H31N2NaO6S. The number of rotatable bonds is 10. The van der Waals surface area contributed by atoms with E-state index in [4.69, 9.17) is 9.47 Å². The van der Waals surface area contributed by atoms with E-state index in [1.165, 1.54) is 23.8 Å². The average Bonchev–Trinajstić information content (AvgIpc) is 3.03. The Morgan fingerprint density at radius 2 is 1.88 bits per heavy atom. The molecule has 10 heteroatoms. The molecular weight excluding hydrogens is 455 g/mol. The van der Waals surface area contributed by atoms with Crippen molar-refractivity contribution >= 4 is 29.5 Å². The van der Waals surface area contributed by atoms with Crippen LogP contribution in [0.4, 0.5) is 0 Å². The number of carboxylic acid groups (broad SMARTS) is 1. The fourth-order valence-corrected chi connectivity index (χ4v) is 6.02. The van der Waals surface area contributed by atoms with E-state index in [9.17, 15) is 19.5 Å². The van der Waals surface area contributed by atoms with Crippen molar-refractivity contribution in [2.45, 2.75) is 81.2 Å². The van der Waals surface area contributed by atoms with E-state index in [-0.39, 0.29) is 35.5 Å². The van der Waals surface area contributed by atoms with Crippen molar-refractivity contribution in [1.29, 1.82) is 0 Å². The summed E-state index contributed by atoms with van der Waals surface area (Å²) in [4.78, 5) is 39.3. The fourth-order valence-electron chi connectivity index (χ4n) is 4.40. The van der Waals surface area contributed by atoms with Crippen molar-refractivity contribution in [2.24, 2.45) is 0 Å². The normalized spacial score (nSPS) is 24.6. The molecule has 1 unspecified atom stereocenters. The second kappa shape index (κ2) is 10.9. The fraction of sp³-hybridized carbons (Fsp3) is 0.609. The number of aliphatic carboxylic acids is 1. The van der Waals surface area contributed by atoms with Crippen LogP contribution >= 0.6 is 11.8 Å². The topological polar surface area (TPSA) is 108 Å². The third-order valence-electron chi connectivity index (χ3n) is 6.24. The van der Waals surface area contributed by atoms with Crippen LogP contribution in [0.1, 0.15) is 53.4 Å². The third kappa shape index (κ3) is 5.16. The zero-order chi connectivity index (χ0) is 23.7. The smallest absolute Gasteiger partial charge is 0.548 e. The molecule has 1 aromatic carbocycles. The van der Waals surface area contributed by atoms with E-state index < -0.39 is 39.7 Å². The number of ether oxygens (including phenoxy) is 2. The maximum absolute atomic E-state index is 13.5. The first-order chi connectivity index (χ1) is 15.1. The molecule has 0 aromatic heterocycles. The van der Waals surface area contributed by atoms with Crippen molar-refractivity contribution in [2.75, 3.05) is 7.11 Å². The van der Waals surface area contributed by atoms with Gasteiger partial charge in [-0.25, -0.2) is 0 Å². The van der Waals surface area contributed by atoms with Gasteiger partial charge in [0.2, 0.25) is 5.91 Å². The largest absolute Gasteiger partial charge is 1.00 e. The summed E-state index contributed by atoms with van der Waals surface area (Å²) in [7, 11) is 1.54.